The van der Waals surface area contributed by atoms with Gasteiger partial charge in [-0.15, -0.1) is 0 Å². The Morgan fingerprint density at radius 1 is 1.23 bits per heavy atom. The molecule has 1 saturated heterocycles. The summed E-state index contributed by atoms with van der Waals surface area (Å²) in [6.45, 7) is 1.65. The quantitative estimate of drug-likeness (QED) is 0.630. The highest BCUT2D eigenvalue weighted by atomic mass is 16.5. The minimum absolute atomic E-state index is 0.304. The summed E-state index contributed by atoms with van der Waals surface area (Å²) in [5.74, 6) is 0.591. The fourth-order valence-electron chi connectivity index (χ4n) is 4.50. The molecule has 30 heavy (non-hydrogen) atoms. The lowest BCUT2D eigenvalue weighted by Crippen LogP contribution is -2.45. The van der Waals surface area contributed by atoms with E-state index in [0.717, 1.165) is 44.6 Å². The average Bonchev–Trinajstić information content (AvgIpc) is 3.22. The van der Waals surface area contributed by atoms with Crippen LogP contribution in [0.5, 0.6) is 0 Å². The Morgan fingerprint density at radius 3 is 2.53 bits per heavy atom. The molecule has 7 heteroatoms. The predicted molar refractivity (Wildman–Crippen MR) is 117 cm³/mol. The van der Waals surface area contributed by atoms with Gasteiger partial charge in [-0.25, -0.2) is 4.98 Å². The van der Waals surface area contributed by atoms with Crippen LogP contribution in [0.15, 0.2) is 36.5 Å². The number of ether oxygens (including phenoxy) is 1. The maximum Gasteiger partial charge on any atom is 0.252 e. The summed E-state index contributed by atoms with van der Waals surface area (Å²) in [5, 5.41) is 14.3. The molecule has 0 unspecified atom stereocenters. The van der Waals surface area contributed by atoms with E-state index in [9.17, 15) is 9.90 Å². The number of aromatic nitrogens is 1. The molecule has 1 aliphatic heterocycles. The van der Waals surface area contributed by atoms with E-state index in [2.05, 4.69) is 22.4 Å². The van der Waals surface area contributed by atoms with Crippen LogP contribution < -0.4 is 16.0 Å². The normalized spacial score (nSPS) is 18.9. The van der Waals surface area contributed by atoms with Crippen LogP contribution in [0.25, 0.3) is 0 Å². The van der Waals surface area contributed by atoms with Crippen LogP contribution >= 0.6 is 0 Å². The van der Waals surface area contributed by atoms with Gasteiger partial charge in [0.2, 0.25) is 0 Å². The summed E-state index contributed by atoms with van der Waals surface area (Å²) in [5.41, 5.74) is 7.73. The van der Waals surface area contributed by atoms with Crippen LogP contribution in [0.1, 0.15) is 60.4 Å². The molecule has 0 spiro atoms. The molecule has 2 heterocycles. The Balaban J connectivity index is 1.55. The number of amides is 1. The number of anilines is 3. The van der Waals surface area contributed by atoms with Crippen molar-refractivity contribution in [1.82, 2.24) is 4.98 Å². The van der Waals surface area contributed by atoms with Crippen molar-refractivity contribution in [3.8, 4) is 0 Å². The number of nitrogens with zero attached hydrogens (tertiary/aromatic N) is 2. The van der Waals surface area contributed by atoms with Crippen molar-refractivity contribution in [2.24, 2.45) is 5.73 Å². The molecule has 1 amide bonds. The van der Waals surface area contributed by atoms with Gasteiger partial charge in [0, 0.05) is 38.2 Å². The molecule has 4 N–H and O–H groups in total. The van der Waals surface area contributed by atoms with Crippen molar-refractivity contribution in [3.05, 3.63) is 47.7 Å². The minimum atomic E-state index is -0.964. The van der Waals surface area contributed by atoms with Gasteiger partial charge in [0.05, 0.1) is 11.3 Å². The summed E-state index contributed by atoms with van der Waals surface area (Å²) in [6, 6.07) is 10.2. The highest BCUT2D eigenvalue weighted by Gasteiger charge is 2.37. The molecule has 2 aromatic rings. The third-order valence-corrected chi connectivity index (χ3v) is 6.41. The maximum absolute atomic E-state index is 11.9. The van der Waals surface area contributed by atoms with Gasteiger partial charge >= 0.3 is 0 Å². The molecular formula is C23H30N4O3. The van der Waals surface area contributed by atoms with Crippen molar-refractivity contribution in [3.63, 3.8) is 0 Å². The Morgan fingerprint density at radius 2 is 1.90 bits per heavy atom. The number of carbonyl (C=O) groups excluding carboxylic acids is 1. The number of nitrogens with two attached hydrogens (primary N) is 1. The number of primary amides is 1. The number of nitrogens with one attached hydrogen (secondary N) is 1. The van der Waals surface area contributed by atoms with Gasteiger partial charge < -0.3 is 25.8 Å². The molecule has 1 aromatic heterocycles. The number of hydrogen-bond acceptors (Lipinski definition) is 6. The molecule has 2 aliphatic rings. The van der Waals surface area contributed by atoms with E-state index < -0.39 is 11.6 Å². The zero-order chi connectivity index (χ0) is 21.1. The van der Waals surface area contributed by atoms with E-state index in [4.69, 9.17) is 10.5 Å². The standard InChI is InChI=1S/C23H30N4O3/c1-27(23(29)10-2-3-11-23)20-14-21(25-15-19(20)22(24)28)26-18-6-4-16(5-7-18)17-8-12-30-13-9-17/h4-7,14-15,17,29H,2-3,8-13H2,1H3,(H2,24,28)(H,25,26). The van der Waals surface area contributed by atoms with Gasteiger partial charge in [-0.3, -0.25) is 4.79 Å². The molecule has 4 rings (SSSR count). The van der Waals surface area contributed by atoms with Crippen molar-refractivity contribution >= 4 is 23.1 Å². The zero-order valence-electron chi connectivity index (χ0n) is 17.4. The van der Waals surface area contributed by atoms with E-state index in [0.29, 0.717) is 35.8 Å². The molecule has 1 saturated carbocycles. The fraction of sp³-hybridized carbons (Fsp3) is 0.478. The van der Waals surface area contributed by atoms with Crippen LogP contribution in [0.4, 0.5) is 17.2 Å². The first kappa shape index (κ1) is 20.6. The second-order valence-corrected chi connectivity index (χ2v) is 8.33. The largest absolute Gasteiger partial charge is 0.381 e. The summed E-state index contributed by atoms with van der Waals surface area (Å²) in [7, 11) is 1.81. The lowest BCUT2D eigenvalue weighted by Gasteiger charge is -2.36. The second kappa shape index (κ2) is 8.62. The number of carbonyl (C=O) groups is 1. The van der Waals surface area contributed by atoms with Crippen LogP contribution in [0.3, 0.4) is 0 Å². The van der Waals surface area contributed by atoms with Crippen LogP contribution in [0, 0.1) is 0 Å². The molecule has 2 fully saturated rings. The number of rotatable bonds is 6. The van der Waals surface area contributed by atoms with E-state index >= 15 is 0 Å². The smallest absolute Gasteiger partial charge is 0.252 e. The molecule has 0 radical (unpaired) electrons. The van der Waals surface area contributed by atoms with Gasteiger partial charge in [0.25, 0.3) is 5.91 Å². The number of aliphatic hydroxyl groups is 1. The highest BCUT2D eigenvalue weighted by Crippen LogP contribution is 2.37. The molecule has 1 aromatic carbocycles. The Labute approximate surface area is 177 Å². The number of pyridine rings is 1. The summed E-state index contributed by atoms with van der Waals surface area (Å²) in [4.78, 5) is 18.1. The maximum atomic E-state index is 11.9. The summed E-state index contributed by atoms with van der Waals surface area (Å²) >= 11 is 0. The lowest BCUT2D eigenvalue weighted by atomic mass is 9.92. The Bertz CT molecular complexity index is 888. The van der Waals surface area contributed by atoms with Crippen LogP contribution in [-0.2, 0) is 4.74 Å². The van der Waals surface area contributed by atoms with Crippen molar-refractivity contribution < 1.29 is 14.6 Å². The first-order valence-electron chi connectivity index (χ1n) is 10.7. The second-order valence-electron chi connectivity index (χ2n) is 8.33. The van der Waals surface area contributed by atoms with E-state index in [1.165, 1.54) is 11.8 Å². The van der Waals surface area contributed by atoms with Gasteiger partial charge in [0.1, 0.15) is 11.5 Å². The molecule has 0 bridgehead atoms. The van der Waals surface area contributed by atoms with Crippen molar-refractivity contribution in [2.75, 3.05) is 30.5 Å². The van der Waals surface area contributed by atoms with E-state index in [-0.39, 0.29) is 0 Å². The van der Waals surface area contributed by atoms with Gasteiger partial charge in [0.15, 0.2) is 0 Å². The SMILES string of the molecule is CN(c1cc(Nc2ccc(C3CCOCC3)cc2)ncc1C(N)=O)C1(O)CCCC1. The predicted octanol–water partition coefficient (Wildman–Crippen LogP) is 3.52. The average molecular weight is 411 g/mol. The van der Waals surface area contributed by atoms with E-state index in [1.54, 1.807) is 18.0 Å². The highest BCUT2D eigenvalue weighted by molar-refractivity contribution is 5.99. The third-order valence-electron chi connectivity index (χ3n) is 6.41. The fourth-order valence-corrected chi connectivity index (χ4v) is 4.50. The van der Waals surface area contributed by atoms with Crippen molar-refractivity contribution in [1.29, 1.82) is 0 Å². The van der Waals surface area contributed by atoms with E-state index in [1.807, 2.05) is 12.1 Å². The Hall–Kier alpha value is -2.64. The first-order chi connectivity index (χ1) is 14.5. The molecular weight excluding hydrogens is 380 g/mol. The lowest BCUT2D eigenvalue weighted by molar-refractivity contribution is 0.0488. The number of benzene rings is 1. The first-order valence-corrected chi connectivity index (χ1v) is 10.7. The van der Waals surface area contributed by atoms with Crippen LogP contribution in [-0.4, -0.2) is 42.0 Å². The summed E-state index contributed by atoms with van der Waals surface area (Å²) < 4.78 is 5.45. The molecule has 1 aliphatic carbocycles. The topological polar surface area (TPSA) is 101 Å². The minimum Gasteiger partial charge on any atom is -0.381 e. The Kier molecular flexibility index (Phi) is 5.92. The van der Waals surface area contributed by atoms with Crippen LogP contribution in [0.2, 0.25) is 0 Å². The monoisotopic (exact) mass is 410 g/mol. The zero-order valence-corrected chi connectivity index (χ0v) is 17.4. The molecule has 160 valence electrons. The number of hydrogen-bond donors (Lipinski definition) is 3. The third kappa shape index (κ3) is 4.27. The summed E-state index contributed by atoms with van der Waals surface area (Å²) in [6.07, 6.45) is 6.85. The molecule has 0 atom stereocenters. The molecule has 7 nitrogen and oxygen atoms in total. The van der Waals surface area contributed by atoms with Gasteiger partial charge in [-0.05, 0) is 62.1 Å². The van der Waals surface area contributed by atoms with Crippen molar-refractivity contribution in [2.45, 2.75) is 50.2 Å². The van der Waals surface area contributed by atoms with Gasteiger partial charge in [-0.2, -0.15) is 0 Å². The van der Waals surface area contributed by atoms with Gasteiger partial charge in [-0.1, -0.05) is 12.1 Å².